The normalized spacial score (nSPS) is 13.2. The summed E-state index contributed by atoms with van der Waals surface area (Å²) in [5.74, 6) is 0.533. The molecule has 3 heteroatoms. The van der Waals surface area contributed by atoms with E-state index in [1.165, 1.54) is 6.07 Å². The summed E-state index contributed by atoms with van der Waals surface area (Å²) in [5, 5.41) is 0. The van der Waals surface area contributed by atoms with Crippen molar-refractivity contribution in [3.8, 4) is 16.9 Å². The fourth-order valence-electron chi connectivity index (χ4n) is 2.32. The highest BCUT2D eigenvalue weighted by Gasteiger charge is 2.19. The second-order valence-electron chi connectivity index (χ2n) is 4.58. The second kappa shape index (κ2) is 4.02. The molecule has 3 rings (SSSR count). The van der Waals surface area contributed by atoms with Gasteiger partial charge in [-0.2, -0.15) is 0 Å². The van der Waals surface area contributed by atoms with E-state index >= 15 is 0 Å². The molecule has 2 aromatic carbocycles. The van der Waals surface area contributed by atoms with Gasteiger partial charge in [0.05, 0.1) is 6.61 Å². The van der Waals surface area contributed by atoms with Gasteiger partial charge in [-0.1, -0.05) is 18.2 Å². The van der Waals surface area contributed by atoms with Crippen LogP contribution in [0.3, 0.4) is 0 Å². The van der Waals surface area contributed by atoms with Crippen LogP contribution in [-0.2, 0) is 6.42 Å². The molecule has 2 nitrogen and oxygen atoms in total. The molecule has 0 atom stereocenters. The summed E-state index contributed by atoms with van der Waals surface area (Å²) in [6.07, 6.45) is 0.881. The Morgan fingerprint density at radius 2 is 2.06 bits per heavy atom. The number of benzene rings is 2. The predicted octanol–water partition coefficient (Wildman–Crippen LogP) is 3.32. The second-order valence-corrected chi connectivity index (χ2v) is 4.58. The van der Waals surface area contributed by atoms with E-state index in [0.717, 1.165) is 28.9 Å². The van der Waals surface area contributed by atoms with Gasteiger partial charge in [0.1, 0.15) is 11.6 Å². The summed E-state index contributed by atoms with van der Waals surface area (Å²) in [6, 6.07) is 8.97. The van der Waals surface area contributed by atoms with Gasteiger partial charge in [-0.25, -0.2) is 4.39 Å². The third kappa shape index (κ3) is 1.63. The Kier molecular flexibility index (Phi) is 2.47. The van der Waals surface area contributed by atoms with Crippen LogP contribution in [0.4, 0.5) is 10.1 Å². The minimum Gasteiger partial charge on any atom is -0.492 e. The number of hydrogen-bond acceptors (Lipinski definition) is 2. The molecule has 0 spiro atoms. The average molecular weight is 243 g/mol. The quantitative estimate of drug-likeness (QED) is 0.780. The number of para-hydroxylation sites is 1. The number of anilines is 1. The molecule has 0 radical (unpaired) electrons. The van der Waals surface area contributed by atoms with Crippen LogP contribution in [0.15, 0.2) is 30.3 Å². The van der Waals surface area contributed by atoms with Crippen molar-refractivity contribution in [1.29, 1.82) is 0 Å². The van der Waals surface area contributed by atoms with Gasteiger partial charge in [0, 0.05) is 23.2 Å². The lowest BCUT2D eigenvalue weighted by Gasteiger charge is -2.11. The van der Waals surface area contributed by atoms with Crippen molar-refractivity contribution in [3.05, 3.63) is 47.3 Å². The molecule has 18 heavy (non-hydrogen) atoms. The number of fused-ring (bicyclic) bond motifs is 1. The van der Waals surface area contributed by atoms with Crippen molar-refractivity contribution in [2.45, 2.75) is 13.3 Å². The fraction of sp³-hybridized carbons (Fsp3) is 0.200. The molecule has 0 saturated heterocycles. The smallest absolute Gasteiger partial charge is 0.131 e. The lowest BCUT2D eigenvalue weighted by Crippen LogP contribution is -1.95. The van der Waals surface area contributed by atoms with E-state index in [1.807, 2.05) is 18.2 Å². The number of halogens is 1. The molecule has 2 aromatic rings. The first-order valence-corrected chi connectivity index (χ1v) is 5.97. The van der Waals surface area contributed by atoms with Gasteiger partial charge in [0.25, 0.3) is 0 Å². The van der Waals surface area contributed by atoms with Crippen molar-refractivity contribution in [3.63, 3.8) is 0 Å². The first kappa shape index (κ1) is 11.1. The molecule has 1 aliphatic rings. The van der Waals surface area contributed by atoms with Crippen LogP contribution in [0, 0.1) is 12.7 Å². The maximum absolute atomic E-state index is 14.1. The van der Waals surface area contributed by atoms with Gasteiger partial charge in [0.2, 0.25) is 0 Å². The van der Waals surface area contributed by atoms with E-state index in [4.69, 9.17) is 10.5 Å². The number of nitrogen functional groups attached to an aromatic ring is 1. The summed E-state index contributed by atoms with van der Waals surface area (Å²) >= 11 is 0. The lowest BCUT2D eigenvalue weighted by molar-refractivity contribution is 0.358. The minimum absolute atomic E-state index is 0.259. The van der Waals surface area contributed by atoms with Crippen LogP contribution in [0.5, 0.6) is 5.75 Å². The Hall–Kier alpha value is -2.03. The Balaban J connectivity index is 2.22. The van der Waals surface area contributed by atoms with Crippen molar-refractivity contribution in [1.82, 2.24) is 0 Å². The molecule has 0 saturated carbocycles. The fourth-order valence-corrected chi connectivity index (χ4v) is 2.32. The lowest BCUT2D eigenvalue weighted by atomic mass is 9.99. The highest BCUT2D eigenvalue weighted by molar-refractivity contribution is 5.76. The van der Waals surface area contributed by atoms with Crippen molar-refractivity contribution >= 4 is 5.69 Å². The van der Waals surface area contributed by atoms with Crippen LogP contribution in [0.25, 0.3) is 11.1 Å². The molecule has 2 N–H and O–H groups in total. The highest BCUT2D eigenvalue weighted by atomic mass is 19.1. The molecule has 0 aromatic heterocycles. The van der Waals surface area contributed by atoms with Crippen molar-refractivity contribution in [2.24, 2.45) is 0 Å². The summed E-state index contributed by atoms with van der Waals surface area (Å²) < 4.78 is 19.7. The highest BCUT2D eigenvalue weighted by Crippen LogP contribution is 2.38. The van der Waals surface area contributed by atoms with Crippen LogP contribution in [0.1, 0.15) is 11.1 Å². The van der Waals surface area contributed by atoms with E-state index in [0.29, 0.717) is 17.9 Å². The Morgan fingerprint density at radius 3 is 2.89 bits per heavy atom. The number of aryl methyl sites for hydroxylation is 1. The maximum Gasteiger partial charge on any atom is 0.131 e. The van der Waals surface area contributed by atoms with E-state index in [2.05, 4.69) is 0 Å². The van der Waals surface area contributed by atoms with E-state index in [1.54, 1.807) is 13.0 Å². The zero-order valence-corrected chi connectivity index (χ0v) is 10.2. The summed E-state index contributed by atoms with van der Waals surface area (Å²) in [7, 11) is 0. The van der Waals surface area contributed by atoms with Crippen LogP contribution in [-0.4, -0.2) is 6.61 Å². The van der Waals surface area contributed by atoms with Gasteiger partial charge in [-0.15, -0.1) is 0 Å². The number of nitrogens with two attached hydrogens (primary N) is 1. The zero-order valence-electron chi connectivity index (χ0n) is 10.2. The standard InChI is InChI=1S/C15H14FNO/c1-9-7-13(16)12(8-14(9)17)11-4-2-3-10-5-6-18-15(10)11/h2-4,7-8H,5-6,17H2,1H3. The summed E-state index contributed by atoms with van der Waals surface area (Å²) in [4.78, 5) is 0. The predicted molar refractivity (Wildman–Crippen MR) is 70.2 cm³/mol. The van der Waals surface area contributed by atoms with E-state index in [-0.39, 0.29) is 5.82 Å². The summed E-state index contributed by atoms with van der Waals surface area (Å²) in [5.41, 5.74) is 9.65. The minimum atomic E-state index is -0.259. The van der Waals surface area contributed by atoms with Gasteiger partial charge in [-0.05, 0) is 30.2 Å². The molecule has 1 aliphatic heterocycles. The Labute approximate surface area is 105 Å². The first-order chi connectivity index (χ1) is 8.66. The third-order valence-electron chi connectivity index (χ3n) is 3.36. The van der Waals surface area contributed by atoms with Crippen LogP contribution < -0.4 is 10.5 Å². The Bertz CT molecular complexity index is 622. The van der Waals surface area contributed by atoms with Crippen LogP contribution >= 0.6 is 0 Å². The number of ether oxygens (including phenoxy) is 1. The van der Waals surface area contributed by atoms with Gasteiger partial charge < -0.3 is 10.5 Å². The van der Waals surface area contributed by atoms with E-state index in [9.17, 15) is 4.39 Å². The number of hydrogen-bond donors (Lipinski definition) is 1. The topological polar surface area (TPSA) is 35.2 Å². The average Bonchev–Trinajstić information content (AvgIpc) is 2.82. The first-order valence-electron chi connectivity index (χ1n) is 5.97. The molecule has 0 aliphatic carbocycles. The molecule has 92 valence electrons. The number of rotatable bonds is 1. The third-order valence-corrected chi connectivity index (χ3v) is 3.36. The summed E-state index contributed by atoms with van der Waals surface area (Å²) in [6.45, 7) is 2.46. The monoisotopic (exact) mass is 243 g/mol. The van der Waals surface area contributed by atoms with Gasteiger partial charge >= 0.3 is 0 Å². The molecule has 0 bridgehead atoms. The molecular formula is C15H14FNO. The molecule has 1 heterocycles. The molecular weight excluding hydrogens is 229 g/mol. The van der Waals surface area contributed by atoms with Crippen molar-refractivity contribution < 1.29 is 9.13 Å². The zero-order chi connectivity index (χ0) is 12.7. The molecule has 0 amide bonds. The largest absolute Gasteiger partial charge is 0.492 e. The van der Waals surface area contributed by atoms with E-state index < -0.39 is 0 Å². The maximum atomic E-state index is 14.1. The molecule has 0 unspecified atom stereocenters. The Morgan fingerprint density at radius 1 is 1.22 bits per heavy atom. The van der Waals surface area contributed by atoms with Gasteiger partial charge in [-0.3, -0.25) is 0 Å². The molecule has 0 fully saturated rings. The SMILES string of the molecule is Cc1cc(F)c(-c2cccc3c2OCC3)cc1N. The van der Waals surface area contributed by atoms with Crippen LogP contribution in [0.2, 0.25) is 0 Å². The van der Waals surface area contributed by atoms with Gasteiger partial charge in [0.15, 0.2) is 0 Å². The van der Waals surface area contributed by atoms with Crippen molar-refractivity contribution in [2.75, 3.05) is 12.3 Å².